The van der Waals surface area contributed by atoms with Gasteiger partial charge in [0.05, 0.1) is 17.6 Å². The van der Waals surface area contributed by atoms with Gasteiger partial charge in [-0.15, -0.1) is 0 Å². The highest BCUT2D eigenvalue weighted by atomic mass is 32.1. The van der Waals surface area contributed by atoms with Crippen molar-refractivity contribution >= 4 is 24.4 Å². The Kier molecular flexibility index (Phi) is 4.17. The van der Waals surface area contributed by atoms with Crippen LogP contribution in [0.5, 0.6) is 5.75 Å². The third-order valence-corrected chi connectivity index (χ3v) is 2.06. The summed E-state index contributed by atoms with van der Waals surface area (Å²) in [6.07, 6.45) is 3.37. The molecule has 0 aliphatic heterocycles. The van der Waals surface area contributed by atoms with Crippen molar-refractivity contribution in [1.82, 2.24) is 0 Å². The van der Waals surface area contributed by atoms with Crippen molar-refractivity contribution in [3.8, 4) is 5.75 Å². The Bertz CT molecular complexity index is 390. The van der Waals surface area contributed by atoms with Gasteiger partial charge in [0.2, 0.25) is 0 Å². The lowest BCUT2D eigenvalue weighted by Crippen LogP contribution is -1.94. The third kappa shape index (κ3) is 2.73. The SMILES string of the molecule is COc1cccc([N+](=O)[O-])c1C=CCS. The molecule has 0 saturated carbocycles. The quantitative estimate of drug-likeness (QED) is 0.486. The van der Waals surface area contributed by atoms with Crippen LogP contribution in [0.4, 0.5) is 5.69 Å². The maximum Gasteiger partial charge on any atom is 0.280 e. The van der Waals surface area contributed by atoms with Crippen molar-refractivity contribution in [2.24, 2.45) is 0 Å². The number of hydrogen-bond acceptors (Lipinski definition) is 4. The molecule has 0 atom stereocenters. The molecule has 0 heterocycles. The summed E-state index contributed by atoms with van der Waals surface area (Å²) >= 11 is 4.00. The molecule has 0 aromatic heterocycles. The lowest BCUT2D eigenvalue weighted by atomic mass is 10.1. The van der Waals surface area contributed by atoms with Crippen molar-refractivity contribution in [2.75, 3.05) is 12.9 Å². The predicted molar refractivity (Wildman–Crippen MR) is 62.5 cm³/mol. The van der Waals surface area contributed by atoms with Crippen LogP contribution in [-0.4, -0.2) is 17.8 Å². The summed E-state index contributed by atoms with van der Waals surface area (Å²) in [7, 11) is 1.48. The van der Waals surface area contributed by atoms with Crippen LogP contribution in [0.3, 0.4) is 0 Å². The zero-order valence-corrected chi connectivity index (χ0v) is 9.11. The van der Waals surface area contributed by atoms with E-state index in [1.807, 2.05) is 0 Å². The molecule has 0 amide bonds. The van der Waals surface area contributed by atoms with Crippen molar-refractivity contribution in [1.29, 1.82) is 0 Å². The zero-order valence-electron chi connectivity index (χ0n) is 8.21. The molecule has 15 heavy (non-hydrogen) atoms. The number of benzene rings is 1. The van der Waals surface area contributed by atoms with Gasteiger partial charge in [-0.3, -0.25) is 10.1 Å². The van der Waals surface area contributed by atoms with E-state index < -0.39 is 4.92 Å². The second-order valence-electron chi connectivity index (χ2n) is 2.74. The van der Waals surface area contributed by atoms with Crippen molar-refractivity contribution < 1.29 is 9.66 Å². The molecule has 4 nitrogen and oxygen atoms in total. The minimum Gasteiger partial charge on any atom is -0.496 e. The molecule has 0 N–H and O–H groups in total. The molecule has 0 unspecified atom stereocenters. The molecule has 0 saturated heterocycles. The van der Waals surface area contributed by atoms with E-state index in [1.165, 1.54) is 13.2 Å². The van der Waals surface area contributed by atoms with E-state index in [0.29, 0.717) is 17.1 Å². The Labute approximate surface area is 93.1 Å². The van der Waals surface area contributed by atoms with Crippen LogP contribution in [-0.2, 0) is 0 Å². The van der Waals surface area contributed by atoms with Crippen molar-refractivity contribution in [2.45, 2.75) is 0 Å². The lowest BCUT2D eigenvalue weighted by Gasteiger charge is -2.04. The number of nitrogens with zero attached hydrogens (tertiary/aromatic N) is 1. The lowest BCUT2D eigenvalue weighted by molar-refractivity contribution is -0.385. The first-order valence-corrected chi connectivity index (χ1v) is 4.92. The molecule has 0 aliphatic rings. The number of hydrogen-bond donors (Lipinski definition) is 1. The third-order valence-electron chi connectivity index (χ3n) is 1.85. The predicted octanol–water partition coefficient (Wildman–Crippen LogP) is 2.55. The summed E-state index contributed by atoms with van der Waals surface area (Å²) in [5, 5.41) is 10.8. The molecule has 1 aromatic carbocycles. The van der Waals surface area contributed by atoms with Gasteiger partial charge >= 0.3 is 0 Å². The minimum atomic E-state index is -0.430. The van der Waals surface area contributed by atoms with Gasteiger partial charge in [0.1, 0.15) is 5.75 Å². The standard InChI is InChI=1S/C10H11NO3S/c1-14-10-6-2-5-9(11(12)13)8(10)4-3-7-15/h2-6,15H,7H2,1H3. The van der Waals surface area contributed by atoms with E-state index in [4.69, 9.17) is 4.74 Å². The molecular weight excluding hydrogens is 214 g/mol. The summed E-state index contributed by atoms with van der Waals surface area (Å²) < 4.78 is 5.05. The van der Waals surface area contributed by atoms with Gasteiger partial charge in [-0.2, -0.15) is 12.6 Å². The fourth-order valence-electron chi connectivity index (χ4n) is 1.21. The molecule has 0 spiro atoms. The zero-order chi connectivity index (χ0) is 11.3. The molecule has 0 fully saturated rings. The van der Waals surface area contributed by atoms with Gasteiger partial charge in [-0.25, -0.2) is 0 Å². The maximum atomic E-state index is 10.8. The second kappa shape index (κ2) is 5.41. The van der Waals surface area contributed by atoms with Crippen molar-refractivity contribution in [3.63, 3.8) is 0 Å². The van der Waals surface area contributed by atoms with Gasteiger partial charge in [-0.1, -0.05) is 12.1 Å². The molecule has 80 valence electrons. The molecule has 1 aromatic rings. The van der Waals surface area contributed by atoms with E-state index in [0.717, 1.165) is 0 Å². The summed E-state index contributed by atoms with van der Waals surface area (Å²) in [6.45, 7) is 0. The Morgan fingerprint density at radius 1 is 1.60 bits per heavy atom. The van der Waals surface area contributed by atoms with Crippen LogP contribution < -0.4 is 4.74 Å². The number of nitro benzene ring substituents is 1. The molecule has 5 heteroatoms. The van der Waals surface area contributed by atoms with E-state index in [2.05, 4.69) is 12.6 Å². The van der Waals surface area contributed by atoms with Crippen LogP contribution >= 0.6 is 12.6 Å². The maximum absolute atomic E-state index is 10.8. The van der Waals surface area contributed by atoms with E-state index >= 15 is 0 Å². The first kappa shape index (κ1) is 11.6. The Morgan fingerprint density at radius 2 is 2.33 bits per heavy atom. The van der Waals surface area contributed by atoms with Crippen LogP contribution in [0.2, 0.25) is 0 Å². The molecule has 0 bridgehead atoms. The fourth-order valence-corrected chi connectivity index (χ4v) is 1.31. The second-order valence-corrected chi connectivity index (χ2v) is 3.10. The molecular formula is C10H11NO3S. The van der Waals surface area contributed by atoms with Crippen LogP contribution in [0.15, 0.2) is 24.3 Å². The first-order valence-electron chi connectivity index (χ1n) is 4.29. The van der Waals surface area contributed by atoms with Gasteiger partial charge in [0, 0.05) is 11.8 Å². The largest absolute Gasteiger partial charge is 0.496 e. The smallest absolute Gasteiger partial charge is 0.280 e. The highest BCUT2D eigenvalue weighted by molar-refractivity contribution is 7.80. The van der Waals surface area contributed by atoms with Gasteiger partial charge < -0.3 is 4.74 Å². The number of nitro groups is 1. The van der Waals surface area contributed by atoms with Crippen LogP contribution in [0, 0.1) is 10.1 Å². The fraction of sp³-hybridized carbons (Fsp3) is 0.200. The minimum absolute atomic E-state index is 0.0346. The van der Waals surface area contributed by atoms with Gasteiger partial charge in [0.25, 0.3) is 5.69 Å². The number of ether oxygens (including phenoxy) is 1. The summed E-state index contributed by atoms with van der Waals surface area (Å²) in [5.74, 6) is 1.01. The summed E-state index contributed by atoms with van der Waals surface area (Å²) in [5.41, 5.74) is 0.506. The number of rotatable bonds is 4. The number of methoxy groups -OCH3 is 1. The topological polar surface area (TPSA) is 52.4 Å². The summed E-state index contributed by atoms with van der Waals surface area (Å²) in [6, 6.07) is 4.72. The van der Waals surface area contributed by atoms with Crippen molar-refractivity contribution in [3.05, 3.63) is 40.0 Å². The van der Waals surface area contributed by atoms with Gasteiger partial charge in [0.15, 0.2) is 0 Å². The van der Waals surface area contributed by atoms with Crippen LogP contribution in [0.1, 0.15) is 5.56 Å². The highest BCUT2D eigenvalue weighted by Crippen LogP contribution is 2.29. The molecule has 0 radical (unpaired) electrons. The number of thiol groups is 1. The first-order chi connectivity index (χ1) is 7.20. The Hall–Kier alpha value is -1.49. The average Bonchev–Trinajstić information content (AvgIpc) is 2.25. The Morgan fingerprint density at radius 3 is 2.87 bits per heavy atom. The van der Waals surface area contributed by atoms with Gasteiger partial charge in [-0.05, 0) is 12.1 Å². The van der Waals surface area contributed by atoms with E-state index in [1.54, 1.807) is 24.3 Å². The molecule has 0 aliphatic carbocycles. The van der Waals surface area contributed by atoms with Crippen LogP contribution in [0.25, 0.3) is 6.08 Å². The van der Waals surface area contributed by atoms with E-state index in [-0.39, 0.29) is 5.69 Å². The normalized spacial score (nSPS) is 10.5. The molecule has 1 rings (SSSR count). The van der Waals surface area contributed by atoms with E-state index in [9.17, 15) is 10.1 Å². The average molecular weight is 225 g/mol. The monoisotopic (exact) mass is 225 g/mol. The Balaban J connectivity index is 3.26. The summed E-state index contributed by atoms with van der Waals surface area (Å²) in [4.78, 5) is 10.3. The highest BCUT2D eigenvalue weighted by Gasteiger charge is 2.14.